The third kappa shape index (κ3) is 2.72. The second-order valence-corrected chi connectivity index (χ2v) is 5.04. The summed E-state index contributed by atoms with van der Waals surface area (Å²) in [4.78, 5) is 14.5. The third-order valence-corrected chi connectivity index (χ3v) is 3.84. The number of amides is 1. The summed E-state index contributed by atoms with van der Waals surface area (Å²) >= 11 is 0. The van der Waals surface area contributed by atoms with Crippen molar-refractivity contribution in [1.82, 2.24) is 4.90 Å². The quantitative estimate of drug-likeness (QED) is 0.865. The Kier molecular flexibility index (Phi) is 4.37. The van der Waals surface area contributed by atoms with Gasteiger partial charge in [-0.25, -0.2) is 0 Å². The van der Waals surface area contributed by atoms with E-state index >= 15 is 0 Å². The Morgan fingerprint density at radius 2 is 2.06 bits per heavy atom. The van der Waals surface area contributed by atoms with Gasteiger partial charge >= 0.3 is 0 Å². The Morgan fingerprint density at radius 3 is 2.56 bits per heavy atom. The molecule has 1 amide bonds. The van der Waals surface area contributed by atoms with Crippen molar-refractivity contribution in [3.05, 3.63) is 35.9 Å². The Bertz CT molecular complexity index is 387. The van der Waals surface area contributed by atoms with Gasteiger partial charge in [-0.1, -0.05) is 30.3 Å². The van der Waals surface area contributed by atoms with Gasteiger partial charge in [-0.15, -0.1) is 0 Å². The second kappa shape index (κ2) is 6.01. The third-order valence-electron chi connectivity index (χ3n) is 3.84. The summed E-state index contributed by atoms with van der Waals surface area (Å²) in [6.07, 6.45) is 3.50. The topological polar surface area (TPSA) is 46.3 Å². The zero-order chi connectivity index (χ0) is 13.0. The minimum absolute atomic E-state index is 0.0710. The zero-order valence-corrected chi connectivity index (χ0v) is 11.0. The molecule has 1 unspecified atom stereocenters. The monoisotopic (exact) mass is 246 g/mol. The van der Waals surface area contributed by atoms with Crippen LogP contribution in [0, 0.1) is 0 Å². The number of benzene rings is 1. The van der Waals surface area contributed by atoms with Crippen LogP contribution in [0.25, 0.3) is 0 Å². The summed E-state index contributed by atoms with van der Waals surface area (Å²) in [5, 5.41) is 0. The van der Waals surface area contributed by atoms with Crippen molar-refractivity contribution in [2.24, 2.45) is 5.73 Å². The number of nitrogens with two attached hydrogens (primary N) is 1. The highest BCUT2D eigenvalue weighted by atomic mass is 16.2. The summed E-state index contributed by atoms with van der Waals surface area (Å²) in [7, 11) is 0. The fourth-order valence-corrected chi connectivity index (χ4v) is 2.44. The second-order valence-electron chi connectivity index (χ2n) is 5.04. The van der Waals surface area contributed by atoms with Gasteiger partial charge in [-0.3, -0.25) is 4.79 Å². The first-order valence-corrected chi connectivity index (χ1v) is 6.79. The standard InChI is InChI=1S/C15H22N2O/c1-12(13-6-3-2-4-7-13)15(18)17(11-10-16)14-8-5-9-14/h2-4,6-7,12,14H,5,8-11,16H2,1H3. The molecule has 18 heavy (non-hydrogen) atoms. The Labute approximate surface area is 109 Å². The lowest BCUT2D eigenvalue weighted by atomic mass is 9.89. The molecule has 1 saturated carbocycles. The molecule has 2 N–H and O–H groups in total. The SMILES string of the molecule is CC(C(=O)N(CCN)C1CCC1)c1ccccc1. The van der Waals surface area contributed by atoms with E-state index in [9.17, 15) is 4.79 Å². The van der Waals surface area contributed by atoms with Crippen LogP contribution < -0.4 is 5.73 Å². The molecule has 3 heteroatoms. The number of carbonyl (C=O) groups is 1. The minimum Gasteiger partial charge on any atom is -0.338 e. The predicted molar refractivity (Wildman–Crippen MR) is 73.3 cm³/mol. The lowest BCUT2D eigenvalue weighted by Gasteiger charge is -2.38. The van der Waals surface area contributed by atoms with E-state index in [2.05, 4.69) is 0 Å². The molecule has 1 aromatic carbocycles. The van der Waals surface area contributed by atoms with Crippen molar-refractivity contribution in [3.63, 3.8) is 0 Å². The van der Waals surface area contributed by atoms with Gasteiger partial charge in [0.2, 0.25) is 5.91 Å². The average molecular weight is 246 g/mol. The molecule has 0 spiro atoms. The highest BCUT2D eigenvalue weighted by Gasteiger charge is 2.30. The van der Waals surface area contributed by atoms with Gasteiger partial charge in [0.05, 0.1) is 5.92 Å². The summed E-state index contributed by atoms with van der Waals surface area (Å²) in [5.74, 6) is 0.148. The van der Waals surface area contributed by atoms with Crippen LogP contribution in [-0.2, 0) is 4.79 Å². The van der Waals surface area contributed by atoms with Crippen molar-refractivity contribution in [1.29, 1.82) is 0 Å². The first-order valence-electron chi connectivity index (χ1n) is 6.79. The van der Waals surface area contributed by atoms with Gasteiger partial charge in [0.1, 0.15) is 0 Å². The summed E-state index contributed by atoms with van der Waals surface area (Å²) < 4.78 is 0. The maximum absolute atomic E-state index is 12.5. The van der Waals surface area contributed by atoms with Crippen molar-refractivity contribution in [2.45, 2.75) is 38.1 Å². The van der Waals surface area contributed by atoms with E-state index in [0.29, 0.717) is 19.1 Å². The van der Waals surface area contributed by atoms with Crippen LogP contribution in [0.3, 0.4) is 0 Å². The molecule has 0 heterocycles. The van der Waals surface area contributed by atoms with Crippen LogP contribution in [0.4, 0.5) is 0 Å². The number of rotatable bonds is 5. The number of hydrogen-bond acceptors (Lipinski definition) is 2. The number of nitrogens with zero attached hydrogens (tertiary/aromatic N) is 1. The smallest absolute Gasteiger partial charge is 0.230 e. The summed E-state index contributed by atoms with van der Waals surface area (Å²) in [6.45, 7) is 3.21. The molecule has 1 atom stereocenters. The summed E-state index contributed by atoms with van der Waals surface area (Å²) in [5.41, 5.74) is 6.72. The van der Waals surface area contributed by atoms with Crippen LogP contribution in [0.2, 0.25) is 0 Å². The zero-order valence-electron chi connectivity index (χ0n) is 11.0. The van der Waals surface area contributed by atoms with Crippen LogP contribution in [-0.4, -0.2) is 29.9 Å². The van der Waals surface area contributed by atoms with E-state index < -0.39 is 0 Å². The van der Waals surface area contributed by atoms with Crippen LogP contribution >= 0.6 is 0 Å². The molecule has 3 nitrogen and oxygen atoms in total. The fraction of sp³-hybridized carbons (Fsp3) is 0.533. The van der Waals surface area contributed by atoms with Gasteiger partial charge in [0, 0.05) is 19.1 Å². The van der Waals surface area contributed by atoms with E-state index in [1.165, 1.54) is 6.42 Å². The first kappa shape index (κ1) is 13.1. The van der Waals surface area contributed by atoms with Gasteiger partial charge in [-0.05, 0) is 31.7 Å². The number of hydrogen-bond donors (Lipinski definition) is 1. The Balaban J connectivity index is 2.07. The Morgan fingerprint density at radius 1 is 1.39 bits per heavy atom. The van der Waals surface area contributed by atoms with Crippen molar-refractivity contribution in [3.8, 4) is 0 Å². The first-order chi connectivity index (χ1) is 8.74. The molecule has 1 fully saturated rings. The van der Waals surface area contributed by atoms with Crippen LogP contribution in [0.1, 0.15) is 37.7 Å². The van der Waals surface area contributed by atoms with E-state index in [1.807, 2.05) is 42.2 Å². The lowest BCUT2D eigenvalue weighted by Crippen LogP contribution is -2.48. The molecular weight excluding hydrogens is 224 g/mol. The largest absolute Gasteiger partial charge is 0.338 e. The van der Waals surface area contributed by atoms with E-state index in [-0.39, 0.29) is 11.8 Å². The molecule has 98 valence electrons. The minimum atomic E-state index is -0.0710. The molecule has 0 aliphatic heterocycles. The number of carbonyl (C=O) groups excluding carboxylic acids is 1. The van der Waals surface area contributed by atoms with E-state index in [1.54, 1.807) is 0 Å². The molecule has 2 rings (SSSR count). The molecule has 0 aromatic heterocycles. The molecule has 0 saturated heterocycles. The highest BCUT2D eigenvalue weighted by Crippen LogP contribution is 2.28. The van der Waals surface area contributed by atoms with Gasteiger partial charge in [0.25, 0.3) is 0 Å². The van der Waals surface area contributed by atoms with Crippen LogP contribution in [0.5, 0.6) is 0 Å². The van der Waals surface area contributed by atoms with Gasteiger partial charge in [-0.2, -0.15) is 0 Å². The van der Waals surface area contributed by atoms with Gasteiger partial charge in [0.15, 0.2) is 0 Å². The molecule has 0 radical (unpaired) electrons. The average Bonchev–Trinajstić information content (AvgIpc) is 2.35. The molecule has 0 bridgehead atoms. The van der Waals surface area contributed by atoms with Crippen molar-refractivity contribution in [2.75, 3.05) is 13.1 Å². The molecular formula is C15H22N2O. The van der Waals surface area contributed by atoms with Crippen LogP contribution in [0.15, 0.2) is 30.3 Å². The Hall–Kier alpha value is -1.35. The normalized spacial score (nSPS) is 17.0. The maximum atomic E-state index is 12.5. The molecule has 1 aliphatic carbocycles. The van der Waals surface area contributed by atoms with Crippen molar-refractivity contribution < 1.29 is 4.79 Å². The summed E-state index contributed by atoms with van der Waals surface area (Å²) in [6, 6.07) is 10.4. The highest BCUT2D eigenvalue weighted by molar-refractivity contribution is 5.83. The van der Waals surface area contributed by atoms with Crippen molar-refractivity contribution >= 4 is 5.91 Å². The lowest BCUT2D eigenvalue weighted by molar-refractivity contribution is -0.136. The molecule has 1 aliphatic rings. The predicted octanol–water partition coefficient (Wildman–Crippen LogP) is 2.13. The van der Waals surface area contributed by atoms with E-state index in [0.717, 1.165) is 18.4 Å². The molecule has 1 aromatic rings. The van der Waals surface area contributed by atoms with Gasteiger partial charge < -0.3 is 10.6 Å². The van der Waals surface area contributed by atoms with E-state index in [4.69, 9.17) is 5.73 Å². The fourth-order valence-electron chi connectivity index (χ4n) is 2.44. The maximum Gasteiger partial charge on any atom is 0.230 e.